The minimum atomic E-state index is -4.42. The van der Waals surface area contributed by atoms with Crippen molar-refractivity contribution in [1.82, 2.24) is 4.90 Å². The van der Waals surface area contributed by atoms with Crippen LogP contribution in [0, 0.1) is 11.3 Å². The Morgan fingerprint density at radius 1 is 1.47 bits per heavy atom. The monoisotopic (exact) mass is 251 g/mol. The summed E-state index contributed by atoms with van der Waals surface area (Å²) in [7, 11) is 0. The van der Waals surface area contributed by atoms with E-state index in [4.69, 9.17) is 11.1 Å². The number of nitrogens with two attached hydrogens (primary N) is 1. The van der Waals surface area contributed by atoms with Crippen LogP contribution in [0.15, 0.2) is 0 Å². The van der Waals surface area contributed by atoms with Crippen molar-refractivity contribution in [2.45, 2.75) is 44.8 Å². The van der Waals surface area contributed by atoms with E-state index >= 15 is 0 Å². The third-order valence-corrected chi connectivity index (χ3v) is 3.41. The molecular weight excluding hydrogens is 231 g/mol. The fourth-order valence-electron chi connectivity index (χ4n) is 2.38. The first-order valence-corrected chi connectivity index (χ1v) is 6.01. The lowest BCUT2D eigenvalue weighted by Crippen LogP contribution is -2.48. The van der Waals surface area contributed by atoms with Gasteiger partial charge in [0.05, 0.1) is 0 Å². The number of halogens is 3. The van der Waals surface area contributed by atoms with E-state index in [0.717, 1.165) is 25.7 Å². The van der Waals surface area contributed by atoms with Gasteiger partial charge in [-0.2, -0.15) is 13.2 Å². The van der Waals surface area contributed by atoms with E-state index in [2.05, 4.69) is 0 Å². The Kier molecular flexibility index (Phi) is 4.80. The molecule has 1 fully saturated rings. The Balaban J connectivity index is 2.68. The average Bonchev–Trinajstić information content (AvgIpc) is 2.24. The van der Waals surface area contributed by atoms with E-state index in [0.29, 0.717) is 6.54 Å². The zero-order chi connectivity index (χ0) is 13.1. The molecule has 0 bridgehead atoms. The van der Waals surface area contributed by atoms with Gasteiger partial charge in [0, 0.05) is 12.6 Å². The molecule has 3 nitrogen and oxygen atoms in total. The van der Waals surface area contributed by atoms with Crippen LogP contribution in [0.3, 0.4) is 0 Å². The van der Waals surface area contributed by atoms with Crippen molar-refractivity contribution in [2.24, 2.45) is 11.7 Å². The molecular formula is C11H20F3N3. The third kappa shape index (κ3) is 3.87. The predicted octanol–water partition coefficient (Wildman–Crippen LogP) is 2.37. The quantitative estimate of drug-likeness (QED) is 0.595. The molecule has 0 spiro atoms. The second-order valence-corrected chi connectivity index (χ2v) is 4.60. The molecule has 0 aromatic rings. The Hall–Kier alpha value is -0.780. The molecule has 100 valence electrons. The van der Waals surface area contributed by atoms with Gasteiger partial charge in [0.1, 0.15) is 11.8 Å². The number of nitrogens with zero attached hydrogens (tertiary/aromatic N) is 1. The van der Waals surface area contributed by atoms with Crippen molar-refractivity contribution in [3.63, 3.8) is 0 Å². The molecule has 2 unspecified atom stereocenters. The number of amidine groups is 1. The lowest BCUT2D eigenvalue weighted by Gasteiger charge is -2.37. The number of hydrogen-bond acceptors (Lipinski definition) is 2. The normalized spacial score (nSPS) is 24.6. The predicted molar refractivity (Wildman–Crippen MR) is 61.0 cm³/mol. The number of nitrogens with one attached hydrogen (secondary N) is 1. The van der Waals surface area contributed by atoms with Gasteiger partial charge < -0.3 is 5.73 Å². The van der Waals surface area contributed by atoms with Crippen LogP contribution >= 0.6 is 0 Å². The van der Waals surface area contributed by atoms with Crippen molar-refractivity contribution in [3.8, 4) is 0 Å². The highest BCUT2D eigenvalue weighted by Crippen LogP contribution is 2.29. The van der Waals surface area contributed by atoms with E-state index in [1.54, 1.807) is 0 Å². The van der Waals surface area contributed by atoms with Gasteiger partial charge in [-0.25, -0.2) is 0 Å². The summed E-state index contributed by atoms with van der Waals surface area (Å²) >= 11 is 0. The van der Waals surface area contributed by atoms with Gasteiger partial charge in [0.2, 0.25) is 0 Å². The molecule has 1 heterocycles. The van der Waals surface area contributed by atoms with Crippen molar-refractivity contribution in [1.29, 1.82) is 5.41 Å². The van der Waals surface area contributed by atoms with Crippen LogP contribution in [0.25, 0.3) is 0 Å². The molecule has 0 aliphatic carbocycles. The van der Waals surface area contributed by atoms with Gasteiger partial charge in [-0.15, -0.1) is 0 Å². The first-order valence-electron chi connectivity index (χ1n) is 6.01. The summed E-state index contributed by atoms with van der Waals surface area (Å²) in [5.74, 6) is -2.60. The Bertz CT molecular complexity index is 265. The topological polar surface area (TPSA) is 53.1 Å². The molecule has 2 atom stereocenters. The Labute approximate surface area is 99.7 Å². The number of alkyl halides is 3. The van der Waals surface area contributed by atoms with Crippen LogP contribution in [0.5, 0.6) is 0 Å². The molecule has 3 N–H and O–H groups in total. The zero-order valence-corrected chi connectivity index (χ0v) is 10.1. The van der Waals surface area contributed by atoms with Gasteiger partial charge in [-0.1, -0.05) is 13.3 Å². The average molecular weight is 251 g/mol. The van der Waals surface area contributed by atoms with E-state index in [-0.39, 0.29) is 12.6 Å². The summed E-state index contributed by atoms with van der Waals surface area (Å²) in [5.41, 5.74) is 5.06. The molecule has 1 saturated heterocycles. The number of piperidine rings is 1. The second kappa shape index (κ2) is 5.71. The smallest absolute Gasteiger partial charge is 0.387 e. The van der Waals surface area contributed by atoms with E-state index in [1.165, 1.54) is 0 Å². The van der Waals surface area contributed by atoms with Crippen LogP contribution in [0.2, 0.25) is 0 Å². The van der Waals surface area contributed by atoms with Gasteiger partial charge in [0.15, 0.2) is 0 Å². The van der Waals surface area contributed by atoms with Gasteiger partial charge in [0.25, 0.3) is 0 Å². The van der Waals surface area contributed by atoms with Crippen LogP contribution in [-0.4, -0.2) is 36.0 Å². The summed E-state index contributed by atoms with van der Waals surface area (Å²) in [6.07, 6.45) is -0.617. The van der Waals surface area contributed by atoms with Crippen LogP contribution in [-0.2, 0) is 0 Å². The van der Waals surface area contributed by atoms with Gasteiger partial charge in [-0.05, 0) is 25.8 Å². The van der Waals surface area contributed by atoms with E-state index in [1.807, 2.05) is 11.8 Å². The Morgan fingerprint density at radius 3 is 2.59 bits per heavy atom. The molecule has 1 aliphatic heterocycles. The lowest BCUT2D eigenvalue weighted by molar-refractivity contribution is -0.162. The highest BCUT2D eigenvalue weighted by atomic mass is 19.4. The second-order valence-electron chi connectivity index (χ2n) is 4.60. The van der Waals surface area contributed by atoms with Crippen LogP contribution in [0.4, 0.5) is 13.2 Å². The standard InChI is InChI=1S/C11H20F3N3/c1-2-8-5-3-4-6-17(8)7-9(10(15)16)11(12,13)14/h8-9H,2-7H2,1H3,(H3,15,16). The molecule has 6 heteroatoms. The molecule has 1 rings (SSSR count). The SMILES string of the molecule is CCC1CCCCN1CC(C(=N)N)C(F)(F)F. The van der Waals surface area contributed by atoms with Crippen molar-refractivity contribution in [2.75, 3.05) is 13.1 Å². The van der Waals surface area contributed by atoms with Crippen LogP contribution in [0.1, 0.15) is 32.6 Å². The highest BCUT2D eigenvalue weighted by Gasteiger charge is 2.43. The van der Waals surface area contributed by atoms with E-state index < -0.39 is 17.9 Å². The zero-order valence-electron chi connectivity index (χ0n) is 10.1. The minimum absolute atomic E-state index is 0.169. The maximum absolute atomic E-state index is 12.7. The van der Waals surface area contributed by atoms with Crippen molar-refractivity contribution in [3.05, 3.63) is 0 Å². The van der Waals surface area contributed by atoms with Gasteiger partial charge in [-0.3, -0.25) is 10.3 Å². The fraction of sp³-hybridized carbons (Fsp3) is 0.909. The summed E-state index contributed by atoms with van der Waals surface area (Å²) in [4.78, 5) is 1.84. The molecule has 0 radical (unpaired) electrons. The molecule has 0 amide bonds. The number of hydrogen-bond donors (Lipinski definition) is 2. The molecule has 1 aliphatic rings. The first-order chi connectivity index (χ1) is 7.86. The third-order valence-electron chi connectivity index (χ3n) is 3.41. The molecule has 0 aromatic heterocycles. The summed E-state index contributed by atoms with van der Waals surface area (Å²) in [5, 5.41) is 7.08. The van der Waals surface area contributed by atoms with Gasteiger partial charge >= 0.3 is 6.18 Å². The molecule has 17 heavy (non-hydrogen) atoms. The summed E-state index contributed by atoms with van der Waals surface area (Å²) in [6.45, 7) is 2.50. The molecule has 0 aromatic carbocycles. The maximum Gasteiger partial charge on any atom is 0.399 e. The minimum Gasteiger partial charge on any atom is -0.387 e. The fourth-order valence-corrected chi connectivity index (χ4v) is 2.38. The number of likely N-dealkylation sites (tertiary alicyclic amines) is 1. The summed E-state index contributed by atoms with van der Waals surface area (Å²) in [6, 6.07) is 0.202. The lowest BCUT2D eigenvalue weighted by atomic mass is 9.97. The summed E-state index contributed by atoms with van der Waals surface area (Å²) < 4.78 is 38.1. The van der Waals surface area contributed by atoms with Crippen LogP contribution < -0.4 is 5.73 Å². The van der Waals surface area contributed by atoms with Crippen molar-refractivity contribution < 1.29 is 13.2 Å². The highest BCUT2D eigenvalue weighted by molar-refractivity contribution is 5.80. The maximum atomic E-state index is 12.7. The van der Waals surface area contributed by atoms with Crippen molar-refractivity contribution >= 4 is 5.84 Å². The number of rotatable bonds is 4. The largest absolute Gasteiger partial charge is 0.399 e. The molecule has 0 saturated carbocycles. The first kappa shape index (κ1) is 14.3. The Morgan fingerprint density at radius 2 is 2.12 bits per heavy atom. The van der Waals surface area contributed by atoms with E-state index in [9.17, 15) is 13.2 Å².